The molecular weight excluding hydrogens is 402 g/mol. The van der Waals surface area contributed by atoms with E-state index in [2.05, 4.69) is 15.8 Å². The van der Waals surface area contributed by atoms with Gasteiger partial charge in [0.25, 0.3) is 0 Å². The fourth-order valence-electron chi connectivity index (χ4n) is 2.51. The van der Waals surface area contributed by atoms with Crippen LogP contribution < -0.4 is 29.7 Å². The van der Waals surface area contributed by atoms with Gasteiger partial charge in [-0.05, 0) is 49.2 Å². The summed E-state index contributed by atoms with van der Waals surface area (Å²) >= 11 is 0. The van der Waals surface area contributed by atoms with E-state index in [1.807, 2.05) is 13.8 Å². The van der Waals surface area contributed by atoms with E-state index in [4.69, 9.17) is 18.9 Å². The first-order chi connectivity index (χ1) is 15.0. The molecule has 9 nitrogen and oxygen atoms in total. The molecule has 0 fully saturated rings. The zero-order valence-electron chi connectivity index (χ0n) is 18.1. The zero-order valence-corrected chi connectivity index (χ0v) is 18.1. The molecule has 166 valence electrons. The predicted molar refractivity (Wildman–Crippen MR) is 117 cm³/mol. The SMILES string of the molecule is CCCOc1ccc(/C=N\NC(=O)C(=O)Nc2cc(OC)ccc2OC)cc1OCC. The Morgan fingerprint density at radius 3 is 2.39 bits per heavy atom. The van der Waals surface area contributed by atoms with E-state index in [1.165, 1.54) is 20.4 Å². The second-order valence-electron chi connectivity index (χ2n) is 6.21. The molecule has 2 aromatic carbocycles. The van der Waals surface area contributed by atoms with Gasteiger partial charge in [0.1, 0.15) is 11.5 Å². The summed E-state index contributed by atoms with van der Waals surface area (Å²) in [4.78, 5) is 24.3. The molecule has 2 amide bonds. The average molecular weight is 429 g/mol. The Morgan fingerprint density at radius 2 is 1.71 bits per heavy atom. The standard InChI is InChI=1S/C22H27N3O6/c1-5-11-31-19-9-7-15(12-20(19)30-6-2)14-23-25-22(27)21(26)24-17-13-16(28-3)8-10-18(17)29-4/h7-10,12-14H,5-6,11H2,1-4H3,(H,24,26)(H,25,27)/b23-14-. The fraction of sp³-hybridized carbons (Fsp3) is 0.318. The monoisotopic (exact) mass is 429 g/mol. The van der Waals surface area contributed by atoms with Crippen LogP contribution in [0, 0.1) is 0 Å². The highest BCUT2D eigenvalue weighted by molar-refractivity contribution is 6.39. The van der Waals surface area contributed by atoms with E-state index in [0.29, 0.717) is 47.5 Å². The molecule has 0 bridgehead atoms. The van der Waals surface area contributed by atoms with Crippen molar-refractivity contribution in [1.29, 1.82) is 0 Å². The van der Waals surface area contributed by atoms with Crippen molar-refractivity contribution in [1.82, 2.24) is 5.43 Å². The molecule has 0 atom stereocenters. The van der Waals surface area contributed by atoms with Gasteiger partial charge in [-0.15, -0.1) is 0 Å². The first-order valence-electron chi connectivity index (χ1n) is 9.78. The van der Waals surface area contributed by atoms with Crippen LogP contribution in [0.5, 0.6) is 23.0 Å². The number of ether oxygens (including phenoxy) is 4. The normalized spacial score (nSPS) is 10.5. The molecule has 0 spiro atoms. The van der Waals surface area contributed by atoms with Crippen molar-refractivity contribution in [2.45, 2.75) is 20.3 Å². The van der Waals surface area contributed by atoms with Crippen molar-refractivity contribution in [3.05, 3.63) is 42.0 Å². The number of amides is 2. The maximum Gasteiger partial charge on any atom is 0.329 e. The molecule has 0 heterocycles. The highest BCUT2D eigenvalue weighted by atomic mass is 16.5. The number of hydrazone groups is 1. The van der Waals surface area contributed by atoms with Crippen LogP contribution in [0.4, 0.5) is 5.69 Å². The van der Waals surface area contributed by atoms with E-state index in [0.717, 1.165) is 6.42 Å². The van der Waals surface area contributed by atoms with Gasteiger partial charge in [-0.2, -0.15) is 5.10 Å². The molecule has 2 aromatic rings. The molecule has 0 radical (unpaired) electrons. The number of nitrogens with one attached hydrogen (secondary N) is 2. The minimum Gasteiger partial charge on any atom is -0.497 e. The Hall–Kier alpha value is -3.75. The van der Waals surface area contributed by atoms with Gasteiger partial charge in [0, 0.05) is 6.07 Å². The maximum atomic E-state index is 12.2. The lowest BCUT2D eigenvalue weighted by Crippen LogP contribution is -2.32. The Balaban J connectivity index is 2.01. The molecular formula is C22H27N3O6. The predicted octanol–water partition coefficient (Wildman–Crippen LogP) is 2.98. The molecule has 0 saturated carbocycles. The third-order valence-corrected chi connectivity index (χ3v) is 3.97. The van der Waals surface area contributed by atoms with Gasteiger partial charge in [-0.1, -0.05) is 6.92 Å². The summed E-state index contributed by atoms with van der Waals surface area (Å²) in [6, 6.07) is 10.1. The van der Waals surface area contributed by atoms with E-state index >= 15 is 0 Å². The van der Waals surface area contributed by atoms with E-state index in [9.17, 15) is 9.59 Å². The zero-order chi connectivity index (χ0) is 22.6. The van der Waals surface area contributed by atoms with E-state index in [1.54, 1.807) is 36.4 Å². The minimum atomic E-state index is -0.936. The average Bonchev–Trinajstić information content (AvgIpc) is 2.78. The number of carbonyl (C=O) groups excluding carboxylic acids is 2. The van der Waals surface area contributed by atoms with E-state index in [-0.39, 0.29) is 0 Å². The minimum absolute atomic E-state index is 0.301. The molecule has 31 heavy (non-hydrogen) atoms. The van der Waals surface area contributed by atoms with Crippen molar-refractivity contribution in [3.63, 3.8) is 0 Å². The smallest absolute Gasteiger partial charge is 0.329 e. The third-order valence-electron chi connectivity index (χ3n) is 3.97. The van der Waals surface area contributed by atoms with Crippen molar-refractivity contribution >= 4 is 23.7 Å². The second kappa shape index (κ2) is 12.1. The van der Waals surface area contributed by atoms with Crippen LogP contribution in [-0.2, 0) is 9.59 Å². The van der Waals surface area contributed by atoms with Crippen LogP contribution in [-0.4, -0.2) is 45.5 Å². The number of methoxy groups -OCH3 is 2. The number of hydrogen-bond donors (Lipinski definition) is 2. The second-order valence-corrected chi connectivity index (χ2v) is 6.21. The Labute approximate surface area is 181 Å². The number of rotatable bonds is 10. The van der Waals surface area contributed by atoms with Crippen LogP contribution in [0.2, 0.25) is 0 Å². The van der Waals surface area contributed by atoms with Gasteiger partial charge in [-0.25, -0.2) is 5.43 Å². The lowest BCUT2D eigenvalue weighted by molar-refractivity contribution is -0.136. The summed E-state index contributed by atoms with van der Waals surface area (Å²) in [6.07, 6.45) is 2.29. The molecule has 0 saturated heterocycles. The van der Waals surface area contributed by atoms with Crippen LogP contribution in [0.25, 0.3) is 0 Å². The van der Waals surface area contributed by atoms with Gasteiger partial charge in [0.15, 0.2) is 11.5 Å². The van der Waals surface area contributed by atoms with Gasteiger partial charge >= 0.3 is 11.8 Å². The molecule has 0 aliphatic carbocycles. The van der Waals surface area contributed by atoms with E-state index < -0.39 is 11.8 Å². The highest BCUT2D eigenvalue weighted by Crippen LogP contribution is 2.29. The molecule has 9 heteroatoms. The van der Waals surface area contributed by atoms with Crippen LogP contribution in [0.15, 0.2) is 41.5 Å². The lowest BCUT2D eigenvalue weighted by Gasteiger charge is -2.12. The van der Waals surface area contributed by atoms with Crippen LogP contribution in [0.1, 0.15) is 25.8 Å². The third kappa shape index (κ3) is 6.91. The first kappa shape index (κ1) is 23.5. The summed E-state index contributed by atoms with van der Waals surface area (Å²) < 4.78 is 21.5. The Morgan fingerprint density at radius 1 is 0.935 bits per heavy atom. The summed E-state index contributed by atoms with van der Waals surface area (Å²) in [6.45, 7) is 4.95. The van der Waals surface area contributed by atoms with Crippen molar-refractivity contribution < 1.29 is 28.5 Å². The fourth-order valence-corrected chi connectivity index (χ4v) is 2.51. The molecule has 0 aliphatic heterocycles. The molecule has 2 rings (SSSR count). The highest BCUT2D eigenvalue weighted by Gasteiger charge is 2.16. The van der Waals surface area contributed by atoms with Crippen LogP contribution >= 0.6 is 0 Å². The summed E-state index contributed by atoms with van der Waals surface area (Å²) in [7, 11) is 2.95. The molecule has 0 aliphatic rings. The van der Waals surface area contributed by atoms with Crippen LogP contribution in [0.3, 0.4) is 0 Å². The van der Waals surface area contributed by atoms with Crippen molar-refractivity contribution in [2.75, 3.05) is 32.8 Å². The van der Waals surface area contributed by atoms with Crippen molar-refractivity contribution in [2.24, 2.45) is 5.10 Å². The number of carbonyl (C=O) groups is 2. The van der Waals surface area contributed by atoms with Gasteiger partial charge in [-0.3, -0.25) is 9.59 Å². The molecule has 0 aromatic heterocycles. The number of hydrogen-bond acceptors (Lipinski definition) is 7. The quantitative estimate of drug-likeness (QED) is 0.342. The first-order valence-corrected chi connectivity index (χ1v) is 9.78. The Bertz CT molecular complexity index is 929. The number of benzene rings is 2. The van der Waals surface area contributed by atoms with Gasteiger partial charge in [0.2, 0.25) is 0 Å². The topological polar surface area (TPSA) is 107 Å². The summed E-state index contributed by atoms with van der Waals surface area (Å²) in [5, 5.41) is 6.31. The van der Waals surface area contributed by atoms with Crippen molar-refractivity contribution in [3.8, 4) is 23.0 Å². The Kier molecular flexibility index (Phi) is 9.15. The maximum absolute atomic E-state index is 12.2. The van der Waals surface area contributed by atoms with Gasteiger partial charge in [0.05, 0.1) is 39.3 Å². The molecule has 2 N–H and O–H groups in total. The number of anilines is 1. The summed E-state index contributed by atoms with van der Waals surface area (Å²) in [5.41, 5.74) is 3.16. The lowest BCUT2D eigenvalue weighted by atomic mass is 10.2. The largest absolute Gasteiger partial charge is 0.497 e. The van der Waals surface area contributed by atoms with Gasteiger partial charge < -0.3 is 24.3 Å². The molecule has 0 unspecified atom stereocenters. The number of nitrogens with zero attached hydrogens (tertiary/aromatic N) is 1. The summed E-state index contributed by atoms with van der Waals surface area (Å²) in [5.74, 6) is 0.270.